The Morgan fingerprint density at radius 1 is 0.806 bits per heavy atom. The maximum Gasteiger partial charge on any atom is 0.343 e. The zero-order valence-corrected chi connectivity index (χ0v) is 18.2. The lowest BCUT2D eigenvalue weighted by Gasteiger charge is -2.13. The summed E-state index contributed by atoms with van der Waals surface area (Å²) in [5, 5.41) is 13.4. The normalized spacial score (nSPS) is 10.5. The molecule has 36 heavy (non-hydrogen) atoms. The summed E-state index contributed by atoms with van der Waals surface area (Å²) < 4.78 is 46.3. The van der Waals surface area contributed by atoms with Crippen molar-refractivity contribution in [2.24, 2.45) is 0 Å². The number of hydrogen-bond acceptors (Lipinski definition) is 5. The Labute approximate surface area is 201 Å². The number of nitrogens with zero attached hydrogens (tertiary/aromatic N) is 1. The molecule has 0 radical (unpaired) electrons. The highest BCUT2D eigenvalue weighted by molar-refractivity contribution is 6.07. The fourth-order valence-electron chi connectivity index (χ4n) is 3.30. The maximum atomic E-state index is 14.4. The van der Waals surface area contributed by atoms with E-state index in [4.69, 9.17) is 4.74 Å². The van der Waals surface area contributed by atoms with Crippen LogP contribution in [0.15, 0.2) is 84.9 Å². The Morgan fingerprint density at radius 3 is 2.11 bits per heavy atom. The van der Waals surface area contributed by atoms with Crippen molar-refractivity contribution in [3.05, 3.63) is 124 Å². The minimum Gasteiger partial charge on any atom is -0.422 e. The average Bonchev–Trinajstić information content (AvgIpc) is 2.86. The average molecular weight is 492 g/mol. The molecule has 0 unspecified atom stereocenters. The summed E-state index contributed by atoms with van der Waals surface area (Å²) >= 11 is 0. The molecule has 1 N–H and O–H groups in total. The van der Waals surface area contributed by atoms with E-state index in [2.05, 4.69) is 5.32 Å². The van der Waals surface area contributed by atoms with Crippen LogP contribution in [-0.4, -0.2) is 16.8 Å². The highest BCUT2D eigenvalue weighted by atomic mass is 19.1. The SMILES string of the molecule is O=C(Oc1ccc(-c2ccc(F)cc2F)cc1C(=O)Nc1ccc(F)cc1)c1ccc([N+](=O)[O-])cc1. The van der Waals surface area contributed by atoms with Crippen LogP contribution in [0, 0.1) is 27.6 Å². The van der Waals surface area contributed by atoms with E-state index in [1.54, 1.807) is 0 Å². The smallest absolute Gasteiger partial charge is 0.343 e. The number of nitro benzene ring substituents is 1. The predicted octanol–water partition coefficient (Wildman–Crippen LogP) is 6.15. The van der Waals surface area contributed by atoms with Gasteiger partial charge in [0, 0.05) is 29.4 Å². The van der Waals surface area contributed by atoms with E-state index in [1.807, 2.05) is 0 Å². The highest BCUT2D eigenvalue weighted by Crippen LogP contribution is 2.30. The monoisotopic (exact) mass is 492 g/mol. The van der Waals surface area contributed by atoms with Crippen LogP contribution in [0.25, 0.3) is 11.1 Å². The molecule has 0 atom stereocenters. The molecule has 0 heterocycles. The Kier molecular flexibility index (Phi) is 6.77. The molecule has 0 saturated heterocycles. The third kappa shape index (κ3) is 5.39. The summed E-state index contributed by atoms with van der Waals surface area (Å²) in [7, 11) is 0. The van der Waals surface area contributed by atoms with Crippen molar-refractivity contribution in [2.75, 3.05) is 5.32 Å². The molecular weight excluding hydrogens is 477 g/mol. The number of nitro groups is 1. The van der Waals surface area contributed by atoms with Gasteiger partial charge >= 0.3 is 5.97 Å². The molecule has 10 heteroatoms. The summed E-state index contributed by atoms with van der Waals surface area (Å²) in [5.41, 5.74) is 0.0336. The lowest BCUT2D eigenvalue weighted by Crippen LogP contribution is -2.16. The van der Waals surface area contributed by atoms with Gasteiger partial charge in [0.1, 0.15) is 23.2 Å². The Hall–Kier alpha value is -4.99. The van der Waals surface area contributed by atoms with Crippen molar-refractivity contribution in [3.63, 3.8) is 0 Å². The zero-order valence-electron chi connectivity index (χ0n) is 18.2. The number of anilines is 1. The highest BCUT2D eigenvalue weighted by Gasteiger charge is 2.20. The van der Waals surface area contributed by atoms with Crippen LogP contribution < -0.4 is 10.1 Å². The van der Waals surface area contributed by atoms with Crippen molar-refractivity contribution in [2.45, 2.75) is 0 Å². The lowest BCUT2D eigenvalue weighted by molar-refractivity contribution is -0.384. The number of amides is 1. The number of nitrogens with one attached hydrogen (secondary N) is 1. The van der Waals surface area contributed by atoms with Crippen LogP contribution in [0.5, 0.6) is 5.75 Å². The van der Waals surface area contributed by atoms with Gasteiger partial charge in [0.15, 0.2) is 0 Å². The molecule has 0 saturated carbocycles. The van der Waals surface area contributed by atoms with Crippen molar-refractivity contribution < 1.29 is 32.4 Å². The van der Waals surface area contributed by atoms with Gasteiger partial charge in [0.05, 0.1) is 16.1 Å². The van der Waals surface area contributed by atoms with Gasteiger partial charge in [-0.1, -0.05) is 6.07 Å². The molecule has 7 nitrogen and oxygen atoms in total. The summed E-state index contributed by atoms with van der Waals surface area (Å²) in [5.74, 6) is -4.00. The molecule has 0 aliphatic carbocycles. The second-order valence-corrected chi connectivity index (χ2v) is 7.49. The molecule has 0 aliphatic rings. The summed E-state index contributed by atoms with van der Waals surface area (Å²) in [6.07, 6.45) is 0. The second-order valence-electron chi connectivity index (χ2n) is 7.49. The van der Waals surface area contributed by atoms with E-state index in [0.717, 1.165) is 30.3 Å². The molecule has 4 rings (SSSR count). The van der Waals surface area contributed by atoms with Crippen LogP contribution in [0.4, 0.5) is 24.5 Å². The molecule has 0 fully saturated rings. The van der Waals surface area contributed by atoms with Crippen LogP contribution >= 0.6 is 0 Å². The van der Waals surface area contributed by atoms with Crippen LogP contribution in [0.2, 0.25) is 0 Å². The molecule has 4 aromatic rings. The first-order valence-electron chi connectivity index (χ1n) is 10.3. The molecule has 0 bridgehead atoms. The number of hydrogen-bond donors (Lipinski definition) is 1. The van der Waals surface area contributed by atoms with E-state index in [1.165, 1.54) is 48.5 Å². The van der Waals surface area contributed by atoms with Gasteiger partial charge in [0.25, 0.3) is 11.6 Å². The van der Waals surface area contributed by atoms with Gasteiger partial charge in [0.2, 0.25) is 0 Å². The number of benzene rings is 4. The Bertz CT molecular complexity index is 1470. The van der Waals surface area contributed by atoms with Gasteiger partial charge in [-0.05, 0) is 66.2 Å². The minimum atomic E-state index is -0.901. The van der Waals surface area contributed by atoms with E-state index in [0.29, 0.717) is 6.07 Å². The van der Waals surface area contributed by atoms with Crippen molar-refractivity contribution >= 4 is 23.3 Å². The third-order valence-corrected chi connectivity index (χ3v) is 5.08. The third-order valence-electron chi connectivity index (χ3n) is 5.08. The van der Waals surface area contributed by atoms with Gasteiger partial charge in [-0.25, -0.2) is 18.0 Å². The van der Waals surface area contributed by atoms with E-state index < -0.39 is 34.3 Å². The molecule has 180 valence electrons. The van der Waals surface area contributed by atoms with Crippen molar-refractivity contribution in [1.29, 1.82) is 0 Å². The van der Waals surface area contributed by atoms with Crippen molar-refractivity contribution in [3.8, 4) is 16.9 Å². The predicted molar refractivity (Wildman–Crippen MR) is 124 cm³/mol. The number of ether oxygens (including phenoxy) is 1. The van der Waals surface area contributed by atoms with E-state index in [-0.39, 0.29) is 39.4 Å². The van der Waals surface area contributed by atoms with Gasteiger partial charge < -0.3 is 10.1 Å². The van der Waals surface area contributed by atoms with Crippen LogP contribution in [0.3, 0.4) is 0 Å². The first-order chi connectivity index (χ1) is 17.2. The summed E-state index contributed by atoms with van der Waals surface area (Å²) in [6.45, 7) is 0. The Balaban J connectivity index is 1.70. The standard InChI is InChI=1S/C26H15F3N2O5/c27-17-4-7-19(8-5-17)30-25(32)22-13-16(21-11-6-18(28)14-23(21)29)3-12-24(22)36-26(33)15-1-9-20(10-2-15)31(34)35/h1-14H,(H,30,32). The van der Waals surface area contributed by atoms with Gasteiger partial charge in [-0.15, -0.1) is 0 Å². The summed E-state index contributed by atoms with van der Waals surface area (Å²) in [6, 6.07) is 16.4. The zero-order chi connectivity index (χ0) is 25.8. The first kappa shape index (κ1) is 24.1. The Morgan fingerprint density at radius 2 is 1.47 bits per heavy atom. The number of rotatable bonds is 6. The molecular formula is C26H15F3N2O5. The lowest BCUT2D eigenvalue weighted by atomic mass is 10.0. The number of halogens is 3. The topological polar surface area (TPSA) is 98.5 Å². The van der Waals surface area contributed by atoms with Crippen LogP contribution in [-0.2, 0) is 0 Å². The molecule has 1 amide bonds. The maximum absolute atomic E-state index is 14.4. The number of esters is 1. The van der Waals surface area contributed by atoms with Crippen molar-refractivity contribution in [1.82, 2.24) is 0 Å². The van der Waals surface area contributed by atoms with Gasteiger partial charge in [-0.3, -0.25) is 14.9 Å². The second kappa shape index (κ2) is 10.1. The van der Waals surface area contributed by atoms with Gasteiger partial charge in [-0.2, -0.15) is 0 Å². The van der Waals surface area contributed by atoms with E-state index >= 15 is 0 Å². The molecule has 0 aromatic heterocycles. The molecule has 4 aromatic carbocycles. The molecule has 0 spiro atoms. The minimum absolute atomic E-state index is 0.000442. The fourth-order valence-corrected chi connectivity index (χ4v) is 3.30. The molecule has 0 aliphatic heterocycles. The largest absolute Gasteiger partial charge is 0.422 e. The fraction of sp³-hybridized carbons (Fsp3) is 0. The quantitative estimate of drug-likeness (QED) is 0.151. The van der Waals surface area contributed by atoms with Crippen LogP contribution in [0.1, 0.15) is 20.7 Å². The van der Waals surface area contributed by atoms with E-state index in [9.17, 15) is 32.9 Å². The number of non-ortho nitro benzene ring substituents is 1. The first-order valence-corrected chi connectivity index (χ1v) is 10.3. The summed E-state index contributed by atoms with van der Waals surface area (Å²) in [4.78, 5) is 35.9. The number of carbonyl (C=O) groups excluding carboxylic acids is 2. The number of carbonyl (C=O) groups is 2.